The number of hydrogen-bond donors (Lipinski definition) is 0. The molecule has 2 rings (SSSR count). The summed E-state index contributed by atoms with van der Waals surface area (Å²) < 4.78 is 23.1. The van der Waals surface area contributed by atoms with E-state index in [1.54, 1.807) is 0 Å². The number of rotatable bonds is 4. The quantitative estimate of drug-likeness (QED) is 0.342. The first-order valence-electron chi connectivity index (χ1n) is 6.05. The molecule has 0 spiro atoms. The molecule has 118 valence electrons. The number of halogens is 2. The third-order valence-corrected chi connectivity index (χ3v) is 4.40. The Morgan fingerprint density at radius 3 is 2.52 bits per heavy atom. The maximum Gasteiger partial charge on any atom is 0.175 e. The topological polar surface area (TPSA) is 108 Å². The summed E-state index contributed by atoms with van der Waals surface area (Å²) in [4.78, 5) is 10.8. The molecule has 0 N–H and O–H groups in total. The lowest BCUT2D eigenvalue weighted by Crippen LogP contribution is -1.97. The first kappa shape index (κ1) is 17.2. The van der Waals surface area contributed by atoms with Gasteiger partial charge in [-0.1, -0.05) is 28.3 Å². The molecule has 0 atom stereocenters. The van der Waals surface area contributed by atoms with Crippen molar-refractivity contribution in [2.75, 3.05) is 6.26 Å². The van der Waals surface area contributed by atoms with Crippen LogP contribution in [0.25, 0.3) is 10.4 Å². The van der Waals surface area contributed by atoms with Crippen molar-refractivity contribution in [1.29, 1.82) is 0 Å². The second kappa shape index (κ2) is 6.97. The Bertz CT molecular complexity index is 914. The van der Waals surface area contributed by atoms with E-state index in [-0.39, 0.29) is 20.6 Å². The fraction of sp³-hybridized carbons (Fsp3) is 0.0769. The van der Waals surface area contributed by atoms with Crippen molar-refractivity contribution in [2.24, 2.45) is 10.1 Å². The fourth-order valence-corrected chi connectivity index (χ4v) is 3.03. The van der Waals surface area contributed by atoms with E-state index in [0.717, 1.165) is 6.26 Å². The van der Waals surface area contributed by atoms with Gasteiger partial charge in [-0.2, -0.15) is 0 Å². The van der Waals surface area contributed by atoms with Crippen molar-refractivity contribution in [1.82, 2.24) is 4.98 Å². The molecule has 1 aromatic heterocycles. The van der Waals surface area contributed by atoms with Crippen LogP contribution in [0.4, 0.5) is 11.4 Å². The smallest absolute Gasteiger partial charge is 0.175 e. The van der Waals surface area contributed by atoms with Gasteiger partial charge in [0.15, 0.2) is 9.84 Å². The summed E-state index contributed by atoms with van der Waals surface area (Å²) in [5.41, 5.74) is 9.53. The first-order valence-corrected chi connectivity index (χ1v) is 8.70. The summed E-state index contributed by atoms with van der Waals surface area (Å²) in [7, 11) is -3.43. The highest BCUT2D eigenvalue weighted by molar-refractivity contribution is 7.90. The molecule has 0 unspecified atom stereocenters. The predicted molar refractivity (Wildman–Crippen MR) is 89.9 cm³/mol. The fourth-order valence-electron chi connectivity index (χ4n) is 1.65. The zero-order chi connectivity index (χ0) is 17.0. The lowest BCUT2D eigenvalue weighted by atomic mass is 10.2. The van der Waals surface area contributed by atoms with E-state index in [1.165, 1.54) is 36.8 Å². The largest absolute Gasteiger partial charge is 0.264 e. The maximum atomic E-state index is 11.5. The number of benzene rings is 1. The number of pyridine rings is 1. The van der Waals surface area contributed by atoms with Gasteiger partial charge in [0.1, 0.15) is 5.69 Å². The molecule has 0 bridgehead atoms. The van der Waals surface area contributed by atoms with Gasteiger partial charge in [0.2, 0.25) is 0 Å². The number of aromatic nitrogens is 1. The van der Waals surface area contributed by atoms with Gasteiger partial charge in [0, 0.05) is 41.0 Å². The molecular formula is C13H9Cl2N5O2S. The molecule has 0 aliphatic carbocycles. The van der Waals surface area contributed by atoms with Crippen LogP contribution in [0.5, 0.6) is 0 Å². The third kappa shape index (κ3) is 4.20. The van der Waals surface area contributed by atoms with E-state index < -0.39 is 9.84 Å². The highest BCUT2D eigenvalue weighted by atomic mass is 35.5. The third-order valence-electron chi connectivity index (χ3n) is 2.73. The van der Waals surface area contributed by atoms with Crippen LogP contribution in [0.2, 0.25) is 10.0 Å². The van der Waals surface area contributed by atoms with Gasteiger partial charge in [0.25, 0.3) is 0 Å². The Morgan fingerprint density at radius 1 is 1.30 bits per heavy atom. The van der Waals surface area contributed by atoms with E-state index >= 15 is 0 Å². The summed E-state index contributed by atoms with van der Waals surface area (Å²) >= 11 is 12.1. The van der Waals surface area contributed by atoms with Gasteiger partial charge in [-0.15, -0.1) is 0 Å². The molecule has 0 aliphatic rings. The number of sulfone groups is 1. The number of azide groups is 1. The second-order valence-corrected chi connectivity index (χ2v) is 7.22. The normalized spacial score (nSPS) is 11.4. The van der Waals surface area contributed by atoms with Crippen LogP contribution in [0.1, 0.15) is 5.56 Å². The van der Waals surface area contributed by atoms with Crippen LogP contribution in [0, 0.1) is 0 Å². The van der Waals surface area contributed by atoms with Crippen LogP contribution < -0.4 is 0 Å². The molecule has 23 heavy (non-hydrogen) atoms. The van der Waals surface area contributed by atoms with Crippen LogP contribution in [0.15, 0.2) is 45.6 Å². The number of hydrogen-bond acceptors (Lipinski definition) is 5. The Balaban J connectivity index is 2.47. The Morgan fingerprint density at radius 2 is 1.96 bits per heavy atom. The Hall–Kier alpha value is -2.12. The molecule has 0 radical (unpaired) electrons. The highest BCUT2D eigenvalue weighted by Gasteiger charge is 2.13. The molecule has 0 aliphatic heterocycles. The predicted octanol–water partition coefficient (Wildman–Crippen LogP) is 4.48. The number of aliphatic imine (C=N–C) groups is 1. The second-order valence-electron chi connectivity index (χ2n) is 4.39. The van der Waals surface area contributed by atoms with Crippen molar-refractivity contribution in [3.63, 3.8) is 0 Å². The van der Waals surface area contributed by atoms with Gasteiger partial charge >= 0.3 is 0 Å². The van der Waals surface area contributed by atoms with Gasteiger partial charge < -0.3 is 0 Å². The van der Waals surface area contributed by atoms with Crippen molar-refractivity contribution >= 4 is 50.6 Å². The van der Waals surface area contributed by atoms with Crippen molar-refractivity contribution < 1.29 is 8.42 Å². The molecule has 1 aromatic carbocycles. The summed E-state index contributed by atoms with van der Waals surface area (Å²) in [6.45, 7) is 0. The first-order chi connectivity index (χ1) is 10.8. The van der Waals surface area contributed by atoms with Crippen molar-refractivity contribution in [3.05, 3.63) is 56.6 Å². The van der Waals surface area contributed by atoms with Crippen LogP contribution in [-0.2, 0) is 9.84 Å². The van der Waals surface area contributed by atoms with E-state index in [9.17, 15) is 8.42 Å². The molecule has 10 heteroatoms. The molecule has 0 fully saturated rings. The van der Waals surface area contributed by atoms with Gasteiger partial charge in [-0.3, -0.25) is 9.98 Å². The summed E-state index contributed by atoms with van der Waals surface area (Å²) in [6.07, 6.45) is 5.37. The summed E-state index contributed by atoms with van der Waals surface area (Å²) in [5.74, 6) is 0. The monoisotopic (exact) mass is 369 g/mol. The summed E-state index contributed by atoms with van der Waals surface area (Å²) in [6, 6.07) is 4.07. The lowest BCUT2D eigenvalue weighted by Gasteiger charge is -2.05. The molecule has 2 aromatic rings. The SMILES string of the molecule is CS(=O)(=O)c1cc(Cl)c(/N=C/c2cnccc2N=[N+]=[N-])c(Cl)c1. The lowest BCUT2D eigenvalue weighted by molar-refractivity contribution is 0.602. The average molecular weight is 370 g/mol. The van der Waals surface area contributed by atoms with Crippen LogP contribution >= 0.6 is 23.2 Å². The molecular weight excluding hydrogens is 361 g/mol. The Kier molecular flexibility index (Phi) is 5.23. The zero-order valence-corrected chi connectivity index (χ0v) is 14.0. The molecule has 7 nitrogen and oxygen atoms in total. The molecule has 1 heterocycles. The molecule has 0 saturated carbocycles. The molecule has 0 saturated heterocycles. The minimum atomic E-state index is -3.43. The van der Waals surface area contributed by atoms with Gasteiger partial charge in [-0.25, -0.2) is 8.42 Å². The zero-order valence-electron chi connectivity index (χ0n) is 11.7. The summed E-state index contributed by atoms with van der Waals surface area (Å²) in [5, 5.41) is 3.69. The van der Waals surface area contributed by atoms with Gasteiger partial charge in [0.05, 0.1) is 14.9 Å². The van der Waals surface area contributed by atoms with E-state index in [2.05, 4.69) is 20.0 Å². The van der Waals surface area contributed by atoms with Crippen LogP contribution in [-0.4, -0.2) is 25.9 Å². The molecule has 0 amide bonds. The van der Waals surface area contributed by atoms with Crippen LogP contribution in [0.3, 0.4) is 0 Å². The number of nitrogens with zero attached hydrogens (tertiary/aromatic N) is 5. The van der Waals surface area contributed by atoms with E-state index in [0.29, 0.717) is 11.3 Å². The average Bonchev–Trinajstić information content (AvgIpc) is 2.47. The Labute approximate surface area is 142 Å². The maximum absolute atomic E-state index is 11.5. The van der Waals surface area contributed by atoms with Crippen molar-refractivity contribution in [3.8, 4) is 0 Å². The minimum Gasteiger partial charge on any atom is -0.264 e. The highest BCUT2D eigenvalue weighted by Crippen LogP contribution is 2.35. The van der Waals surface area contributed by atoms with E-state index in [1.807, 2.05) is 0 Å². The van der Waals surface area contributed by atoms with E-state index in [4.69, 9.17) is 28.7 Å². The standard InChI is InChI=1S/C13H9Cl2N5O2S/c1-23(21,22)9-4-10(14)13(11(15)5-9)18-7-8-6-17-3-2-12(8)19-20-16/h2-7H,1H3/b18-7+. The van der Waals surface area contributed by atoms with Gasteiger partial charge in [-0.05, 0) is 23.7 Å². The minimum absolute atomic E-state index is 0.00240. The van der Waals surface area contributed by atoms with Crippen molar-refractivity contribution in [2.45, 2.75) is 4.90 Å².